The number of hydrogen-bond acceptors (Lipinski definition) is 4. The molecule has 3 rings (SSSR count). The zero-order valence-corrected chi connectivity index (χ0v) is 10.6. The summed E-state index contributed by atoms with van der Waals surface area (Å²) in [5, 5.41) is 0. The Balaban J connectivity index is 1.74. The van der Waals surface area contributed by atoms with E-state index < -0.39 is 0 Å². The molecule has 0 bridgehead atoms. The number of hydrogen-bond donors (Lipinski definition) is 0. The van der Waals surface area contributed by atoms with Crippen molar-refractivity contribution in [3.63, 3.8) is 0 Å². The molecule has 2 amide bonds. The molecule has 2 heterocycles. The van der Waals surface area contributed by atoms with E-state index in [0.29, 0.717) is 18.0 Å². The summed E-state index contributed by atoms with van der Waals surface area (Å²) in [5.41, 5.74) is 0.926. The van der Waals surface area contributed by atoms with Crippen LogP contribution < -0.4 is 9.47 Å². The van der Waals surface area contributed by atoms with Crippen LogP contribution in [0.3, 0.4) is 0 Å². The van der Waals surface area contributed by atoms with Crippen LogP contribution in [0.1, 0.15) is 5.56 Å². The minimum Gasteiger partial charge on any atom is -0.454 e. The summed E-state index contributed by atoms with van der Waals surface area (Å²) in [7, 11) is 1.64. The monoisotopic (exact) mass is 262 g/mol. The smallest absolute Gasteiger partial charge is 0.242 e. The molecule has 0 aliphatic carbocycles. The van der Waals surface area contributed by atoms with Crippen molar-refractivity contribution in [1.29, 1.82) is 0 Å². The molecule has 0 unspecified atom stereocenters. The summed E-state index contributed by atoms with van der Waals surface area (Å²) in [6, 6.07) is 5.54. The standard InChI is InChI=1S/C13H14N2O4/c1-14-6-13(17)15(7-12(14)16)5-9-2-3-10-11(4-9)19-8-18-10/h2-4H,5-8H2,1H3. The van der Waals surface area contributed by atoms with Gasteiger partial charge in [0.05, 0.1) is 6.54 Å². The van der Waals surface area contributed by atoms with Crippen LogP contribution in [0.2, 0.25) is 0 Å². The third-order valence-corrected chi connectivity index (χ3v) is 3.29. The van der Waals surface area contributed by atoms with Gasteiger partial charge in [-0.3, -0.25) is 9.59 Å². The zero-order chi connectivity index (χ0) is 13.4. The maximum absolute atomic E-state index is 11.9. The first-order valence-corrected chi connectivity index (χ1v) is 6.04. The van der Waals surface area contributed by atoms with Gasteiger partial charge in [0, 0.05) is 13.6 Å². The normalized spacial score (nSPS) is 18.2. The van der Waals surface area contributed by atoms with Crippen LogP contribution in [0, 0.1) is 0 Å². The Bertz CT molecular complexity index is 543. The molecule has 1 aromatic rings. The van der Waals surface area contributed by atoms with E-state index in [-0.39, 0.29) is 31.7 Å². The molecule has 0 saturated carbocycles. The summed E-state index contributed by atoms with van der Waals surface area (Å²) in [6.07, 6.45) is 0. The van der Waals surface area contributed by atoms with Crippen LogP contribution in [0.4, 0.5) is 0 Å². The summed E-state index contributed by atoms with van der Waals surface area (Å²) < 4.78 is 10.5. The fourth-order valence-electron chi connectivity index (χ4n) is 2.17. The molecule has 0 radical (unpaired) electrons. The number of carbonyl (C=O) groups excluding carboxylic acids is 2. The highest BCUT2D eigenvalue weighted by molar-refractivity contribution is 5.92. The SMILES string of the molecule is CN1CC(=O)N(Cc2ccc3c(c2)OCO3)CC1=O. The molecule has 2 aliphatic heterocycles. The Labute approximate surface area is 110 Å². The lowest BCUT2D eigenvalue weighted by Crippen LogP contribution is -2.51. The molecule has 2 aliphatic rings. The molecule has 1 fully saturated rings. The van der Waals surface area contributed by atoms with Gasteiger partial charge in [-0.15, -0.1) is 0 Å². The van der Waals surface area contributed by atoms with Crippen molar-refractivity contribution in [3.8, 4) is 11.5 Å². The Morgan fingerprint density at radius 1 is 1.11 bits per heavy atom. The molecule has 0 spiro atoms. The Hall–Kier alpha value is -2.24. The van der Waals surface area contributed by atoms with E-state index in [2.05, 4.69) is 0 Å². The highest BCUT2D eigenvalue weighted by Crippen LogP contribution is 2.32. The minimum atomic E-state index is -0.0419. The van der Waals surface area contributed by atoms with Gasteiger partial charge in [0.1, 0.15) is 6.54 Å². The number of fused-ring (bicyclic) bond motifs is 1. The number of nitrogens with zero attached hydrogens (tertiary/aromatic N) is 2. The maximum atomic E-state index is 11.9. The second kappa shape index (κ2) is 4.46. The number of likely N-dealkylation sites (N-methyl/N-ethyl adjacent to an activating group) is 1. The quantitative estimate of drug-likeness (QED) is 0.765. The molecule has 0 aromatic heterocycles. The largest absolute Gasteiger partial charge is 0.454 e. The van der Waals surface area contributed by atoms with Gasteiger partial charge in [0.2, 0.25) is 18.6 Å². The minimum absolute atomic E-state index is 0.0413. The molecule has 1 saturated heterocycles. The first-order chi connectivity index (χ1) is 9.13. The van der Waals surface area contributed by atoms with E-state index in [9.17, 15) is 9.59 Å². The van der Waals surface area contributed by atoms with Gasteiger partial charge < -0.3 is 19.3 Å². The molecule has 1 aromatic carbocycles. The van der Waals surface area contributed by atoms with Gasteiger partial charge in [0.25, 0.3) is 0 Å². The Morgan fingerprint density at radius 2 is 1.89 bits per heavy atom. The highest BCUT2D eigenvalue weighted by Gasteiger charge is 2.27. The average Bonchev–Trinajstić information content (AvgIpc) is 2.83. The number of rotatable bonds is 2. The summed E-state index contributed by atoms with van der Waals surface area (Å²) in [6.45, 7) is 0.910. The first-order valence-electron chi connectivity index (χ1n) is 6.04. The molecular formula is C13H14N2O4. The third kappa shape index (κ3) is 2.21. The van der Waals surface area contributed by atoms with E-state index in [4.69, 9.17) is 9.47 Å². The molecular weight excluding hydrogens is 248 g/mol. The van der Waals surface area contributed by atoms with Crippen LogP contribution in [-0.2, 0) is 16.1 Å². The number of amides is 2. The predicted molar refractivity (Wildman–Crippen MR) is 65.6 cm³/mol. The molecule has 0 atom stereocenters. The summed E-state index contributed by atoms with van der Waals surface area (Å²) in [5.74, 6) is 1.31. The maximum Gasteiger partial charge on any atom is 0.242 e. The van der Waals surface area contributed by atoms with Gasteiger partial charge in [-0.2, -0.15) is 0 Å². The van der Waals surface area contributed by atoms with E-state index in [1.165, 1.54) is 4.90 Å². The summed E-state index contributed by atoms with van der Waals surface area (Å²) in [4.78, 5) is 26.5. The fourth-order valence-corrected chi connectivity index (χ4v) is 2.17. The van der Waals surface area contributed by atoms with Gasteiger partial charge in [-0.1, -0.05) is 6.07 Å². The second-order valence-corrected chi connectivity index (χ2v) is 4.69. The van der Waals surface area contributed by atoms with Crippen molar-refractivity contribution in [3.05, 3.63) is 23.8 Å². The van der Waals surface area contributed by atoms with E-state index in [1.54, 1.807) is 11.9 Å². The van der Waals surface area contributed by atoms with Gasteiger partial charge in [-0.25, -0.2) is 0 Å². The van der Waals surface area contributed by atoms with Crippen molar-refractivity contribution < 1.29 is 19.1 Å². The first kappa shape index (κ1) is 11.8. The van der Waals surface area contributed by atoms with E-state index >= 15 is 0 Å². The predicted octanol–water partition coefficient (Wildman–Crippen LogP) is 0.216. The van der Waals surface area contributed by atoms with Crippen molar-refractivity contribution in [2.45, 2.75) is 6.54 Å². The Kier molecular flexibility index (Phi) is 2.77. The van der Waals surface area contributed by atoms with E-state index in [1.807, 2.05) is 18.2 Å². The molecule has 19 heavy (non-hydrogen) atoms. The molecule has 6 nitrogen and oxygen atoms in total. The number of carbonyl (C=O) groups is 2. The van der Waals surface area contributed by atoms with Crippen LogP contribution in [0.25, 0.3) is 0 Å². The Morgan fingerprint density at radius 3 is 2.74 bits per heavy atom. The van der Waals surface area contributed by atoms with Gasteiger partial charge in [0.15, 0.2) is 11.5 Å². The van der Waals surface area contributed by atoms with Crippen LogP contribution in [-0.4, -0.2) is 48.5 Å². The van der Waals surface area contributed by atoms with Crippen LogP contribution >= 0.6 is 0 Å². The zero-order valence-electron chi connectivity index (χ0n) is 10.6. The molecule has 100 valence electrons. The van der Waals surface area contributed by atoms with E-state index in [0.717, 1.165) is 5.56 Å². The molecule has 6 heteroatoms. The lowest BCUT2D eigenvalue weighted by molar-refractivity contribution is -0.149. The van der Waals surface area contributed by atoms with Crippen molar-refractivity contribution >= 4 is 11.8 Å². The number of piperazine rings is 1. The topological polar surface area (TPSA) is 59.1 Å². The van der Waals surface area contributed by atoms with Crippen molar-refractivity contribution in [2.75, 3.05) is 26.9 Å². The summed E-state index contributed by atoms with van der Waals surface area (Å²) >= 11 is 0. The molecule has 0 N–H and O–H groups in total. The fraction of sp³-hybridized carbons (Fsp3) is 0.385. The average molecular weight is 262 g/mol. The lowest BCUT2D eigenvalue weighted by Gasteiger charge is -2.31. The van der Waals surface area contributed by atoms with Crippen LogP contribution in [0.15, 0.2) is 18.2 Å². The van der Waals surface area contributed by atoms with Crippen LogP contribution in [0.5, 0.6) is 11.5 Å². The van der Waals surface area contributed by atoms with Crippen molar-refractivity contribution in [1.82, 2.24) is 9.80 Å². The second-order valence-electron chi connectivity index (χ2n) is 4.69. The van der Waals surface area contributed by atoms with Crippen molar-refractivity contribution in [2.24, 2.45) is 0 Å². The van der Waals surface area contributed by atoms with Gasteiger partial charge >= 0.3 is 0 Å². The number of ether oxygens (including phenoxy) is 2. The number of benzene rings is 1. The lowest BCUT2D eigenvalue weighted by atomic mass is 10.1. The third-order valence-electron chi connectivity index (χ3n) is 3.29. The highest BCUT2D eigenvalue weighted by atomic mass is 16.7. The van der Waals surface area contributed by atoms with Gasteiger partial charge in [-0.05, 0) is 17.7 Å².